The summed E-state index contributed by atoms with van der Waals surface area (Å²) in [6.07, 6.45) is -8.46. The lowest BCUT2D eigenvalue weighted by molar-refractivity contribution is -0.277. The molecule has 1 aliphatic rings. The zero-order valence-corrected chi connectivity index (χ0v) is 8.69. The van der Waals surface area contributed by atoms with Crippen molar-refractivity contribution in [3.8, 4) is 0 Å². The molecule has 0 amide bonds. The van der Waals surface area contributed by atoms with Crippen molar-refractivity contribution >= 4 is 10.4 Å². The maximum atomic E-state index is 10.4. The van der Waals surface area contributed by atoms with E-state index in [1.54, 1.807) is 0 Å². The van der Waals surface area contributed by atoms with Crippen molar-refractivity contribution in [2.45, 2.75) is 30.7 Å². The molecule has 10 heteroatoms. The van der Waals surface area contributed by atoms with Crippen LogP contribution in [0.3, 0.4) is 0 Å². The van der Waals surface area contributed by atoms with Gasteiger partial charge in [-0.15, -0.1) is 0 Å². The largest absolute Gasteiger partial charge is 0.399 e. The van der Waals surface area contributed by atoms with Crippen LogP contribution >= 0.6 is 0 Å². The molecule has 0 aromatic carbocycles. The van der Waals surface area contributed by atoms with E-state index in [2.05, 4.69) is 8.92 Å². The lowest BCUT2D eigenvalue weighted by Crippen LogP contribution is -2.59. The molecule has 5 atom stereocenters. The Morgan fingerprint density at radius 2 is 1.69 bits per heavy atom. The van der Waals surface area contributed by atoms with Crippen LogP contribution in [0, 0.1) is 0 Å². The van der Waals surface area contributed by atoms with Crippen molar-refractivity contribution < 1.29 is 42.3 Å². The van der Waals surface area contributed by atoms with E-state index in [4.69, 9.17) is 9.66 Å². The fourth-order valence-corrected chi connectivity index (χ4v) is 1.67. The maximum absolute atomic E-state index is 10.4. The Labute approximate surface area is 90.8 Å². The van der Waals surface area contributed by atoms with Crippen molar-refractivity contribution in [1.29, 1.82) is 0 Å². The second-order valence-electron chi connectivity index (χ2n) is 3.22. The van der Waals surface area contributed by atoms with E-state index in [1.807, 2.05) is 0 Å². The Morgan fingerprint density at radius 3 is 2.12 bits per heavy atom. The highest BCUT2D eigenvalue weighted by atomic mass is 32.3. The van der Waals surface area contributed by atoms with E-state index in [0.717, 1.165) is 0 Å². The Bertz CT molecular complexity index is 325. The molecule has 96 valence electrons. The van der Waals surface area contributed by atoms with Gasteiger partial charge in [-0.2, -0.15) is 8.42 Å². The summed E-state index contributed by atoms with van der Waals surface area (Å²) < 4.78 is 37.6. The summed E-state index contributed by atoms with van der Waals surface area (Å²) in [5.74, 6) is 0. The van der Waals surface area contributed by atoms with Gasteiger partial charge < -0.3 is 25.2 Å². The summed E-state index contributed by atoms with van der Waals surface area (Å²) in [6, 6.07) is 0. The molecule has 0 aromatic rings. The van der Waals surface area contributed by atoms with Gasteiger partial charge in [0, 0.05) is 0 Å². The van der Waals surface area contributed by atoms with E-state index in [-0.39, 0.29) is 0 Å². The van der Waals surface area contributed by atoms with Crippen LogP contribution in [0.4, 0.5) is 0 Å². The van der Waals surface area contributed by atoms with Crippen LogP contribution in [0.1, 0.15) is 0 Å². The first-order valence-electron chi connectivity index (χ1n) is 4.22. The zero-order chi connectivity index (χ0) is 12.5. The second-order valence-corrected chi connectivity index (χ2v) is 4.27. The molecular formula is C6H12O9S. The summed E-state index contributed by atoms with van der Waals surface area (Å²) in [5.41, 5.74) is 0. The number of rotatable bonds is 3. The van der Waals surface area contributed by atoms with Crippen molar-refractivity contribution in [3.63, 3.8) is 0 Å². The van der Waals surface area contributed by atoms with E-state index < -0.39 is 47.7 Å². The van der Waals surface area contributed by atoms with Crippen LogP contribution in [-0.2, 0) is 19.3 Å². The number of aliphatic hydroxyl groups excluding tert-OH is 4. The molecule has 0 saturated carbocycles. The summed E-state index contributed by atoms with van der Waals surface area (Å²) in [7, 11) is -4.89. The topological polar surface area (TPSA) is 154 Å². The average Bonchev–Trinajstić information content (AvgIpc) is 2.17. The SMILES string of the molecule is O=S(=O)(O)O[C@@H]1O[C@H](CO)[C@H](O)[C@H](O)[C@H]1O. The highest BCUT2D eigenvalue weighted by Crippen LogP contribution is 2.22. The molecule has 0 aliphatic carbocycles. The predicted molar refractivity (Wildman–Crippen MR) is 46.4 cm³/mol. The number of hydrogen-bond acceptors (Lipinski definition) is 8. The molecule has 0 aromatic heterocycles. The molecule has 9 nitrogen and oxygen atoms in total. The lowest BCUT2D eigenvalue weighted by Gasteiger charge is -2.38. The van der Waals surface area contributed by atoms with Crippen LogP contribution in [0.2, 0.25) is 0 Å². The first kappa shape index (κ1) is 13.7. The van der Waals surface area contributed by atoms with Crippen molar-refractivity contribution in [2.75, 3.05) is 6.61 Å². The molecule has 5 N–H and O–H groups in total. The molecular weight excluding hydrogens is 248 g/mol. The molecule has 1 aliphatic heterocycles. The highest BCUT2D eigenvalue weighted by molar-refractivity contribution is 7.80. The van der Waals surface area contributed by atoms with Gasteiger partial charge in [0.15, 0.2) is 0 Å². The normalized spacial score (nSPS) is 40.9. The number of hydrogen-bond donors (Lipinski definition) is 5. The second kappa shape index (κ2) is 4.89. The summed E-state index contributed by atoms with van der Waals surface area (Å²) >= 11 is 0. The van der Waals surface area contributed by atoms with Crippen molar-refractivity contribution in [2.24, 2.45) is 0 Å². The Hall–Kier alpha value is -0.330. The van der Waals surface area contributed by atoms with Gasteiger partial charge in [0.2, 0.25) is 6.29 Å². The van der Waals surface area contributed by atoms with Gasteiger partial charge in [-0.05, 0) is 0 Å². The third kappa shape index (κ3) is 3.09. The van der Waals surface area contributed by atoms with E-state index in [1.165, 1.54) is 0 Å². The summed E-state index contributed by atoms with van der Waals surface area (Å²) in [4.78, 5) is 0. The van der Waals surface area contributed by atoms with Gasteiger partial charge in [-0.1, -0.05) is 0 Å². The molecule has 1 rings (SSSR count). The van der Waals surface area contributed by atoms with Crippen molar-refractivity contribution in [1.82, 2.24) is 0 Å². The molecule has 0 spiro atoms. The summed E-state index contributed by atoms with van der Waals surface area (Å²) in [6.45, 7) is -0.726. The first-order chi connectivity index (χ1) is 7.26. The van der Waals surface area contributed by atoms with Gasteiger partial charge in [0.05, 0.1) is 6.61 Å². The third-order valence-corrected chi connectivity index (χ3v) is 2.50. The predicted octanol–water partition coefficient (Wildman–Crippen LogP) is -3.39. The van der Waals surface area contributed by atoms with Gasteiger partial charge >= 0.3 is 10.4 Å². The molecule has 0 radical (unpaired) electrons. The van der Waals surface area contributed by atoms with Crippen LogP contribution in [-0.4, -0.2) is 70.7 Å². The standard InChI is InChI=1S/C6H12O9S/c7-1-2-3(8)4(9)5(10)6(14-2)15-16(11,12)13/h2-10H,1H2,(H,11,12,13)/t2-,3+,4+,5-,6+/m1/s1. The zero-order valence-electron chi connectivity index (χ0n) is 7.87. The molecule has 1 saturated heterocycles. The molecule has 1 fully saturated rings. The van der Waals surface area contributed by atoms with E-state index >= 15 is 0 Å². The quantitative estimate of drug-likeness (QED) is 0.327. The van der Waals surface area contributed by atoms with Gasteiger partial charge in [-0.3, -0.25) is 4.55 Å². The fraction of sp³-hybridized carbons (Fsp3) is 1.00. The number of ether oxygens (including phenoxy) is 1. The third-order valence-electron chi connectivity index (χ3n) is 2.06. The van der Waals surface area contributed by atoms with Crippen LogP contribution in [0.25, 0.3) is 0 Å². The first-order valence-corrected chi connectivity index (χ1v) is 5.59. The van der Waals surface area contributed by atoms with E-state index in [0.29, 0.717) is 0 Å². The minimum Gasteiger partial charge on any atom is -0.394 e. The number of aliphatic hydroxyl groups is 4. The summed E-state index contributed by atoms with van der Waals surface area (Å²) in [5, 5.41) is 36.5. The molecule has 0 unspecified atom stereocenters. The lowest BCUT2D eigenvalue weighted by atomic mass is 10.00. The minimum atomic E-state index is -4.89. The van der Waals surface area contributed by atoms with Crippen LogP contribution in [0.5, 0.6) is 0 Å². The van der Waals surface area contributed by atoms with Gasteiger partial charge in [-0.25, -0.2) is 4.18 Å². The molecule has 0 bridgehead atoms. The van der Waals surface area contributed by atoms with E-state index in [9.17, 15) is 23.7 Å². The smallest absolute Gasteiger partial charge is 0.394 e. The fourth-order valence-electron chi connectivity index (χ4n) is 1.27. The Morgan fingerprint density at radius 1 is 1.12 bits per heavy atom. The van der Waals surface area contributed by atoms with Crippen LogP contribution < -0.4 is 0 Å². The highest BCUT2D eigenvalue weighted by Gasteiger charge is 2.45. The van der Waals surface area contributed by atoms with Gasteiger partial charge in [0.1, 0.15) is 24.4 Å². The molecule has 16 heavy (non-hydrogen) atoms. The van der Waals surface area contributed by atoms with Gasteiger partial charge in [0.25, 0.3) is 0 Å². The van der Waals surface area contributed by atoms with Crippen molar-refractivity contribution in [3.05, 3.63) is 0 Å². The monoisotopic (exact) mass is 260 g/mol. The Kier molecular flexibility index (Phi) is 4.20. The van der Waals surface area contributed by atoms with Crippen LogP contribution in [0.15, 0.2) is 0 Å². The Balaban J connectivity index is 2.79. The molecule has 1 heterocycles. The average molecular weight is 260 g/mol. The maximum Gasteiger partial charge on any atom is 0.399 e. The minimum absolute atomic E-state index is 0.726.